The standard InChI is InChI=1S/C18H19.2CH3.Hf/c1-18(2,3)12-15-11-10-14-9-8-13-6-4-5-7-16(13)17(14)15;;;/h4-11H,12H2,1-3H3;2*1H3;/q3*-1;. The summed E-state index contributed by atoms with van der Waals surface area (Å²) in [7, 11) is 0. The Balaban J connectivity index is 0.00000133. The van der Waals surface area contributed by atoms with E-state index in [1.165, 1.54) is 27.1 Å². The van der Waals surface area contributed by atoms with Gasteiger partial charge in [-0.05, 0) is 5.41 Å². The maximum absolute atomic E-state index is 2.30. The van der Waals surface area contributed by atoms with E-state index in [1.54, 1.807) is 0 Å². The second-order valence-corrected chi connectivity index (χ2v) is 6.35. The van der Waals surface area contributed by atoms with Crippen LogP contribution in [-0.4, -0.2) is 0 Å². The van der Waals surface area contributed by atoms with Crippen molar-refractivity contribution in [3.8, 4) is 0 Å². The predicted molar refractivity (Wildman–Crippen MR) is 93.0 cm³/mol. The Hall–Kier alpha value is -0.820. The van der Waals surface area contributed by atoms with Crippen molar-refractivity contribution in [3.05, 3.63) is 68.9 Å². The van der Waals surface area contributed by atoms with Crippen molar-refractivity contribution in [1.82, 2.24) is 0 Å². The summed E-state index contributed by atoms with van der Waals surface area (Å²) in [6.45, 7) is 6.91. The number of hydrogen-bond acceptors (Lipinski definition) is 0. The monoisotopic (exact) mass is 445 g/mol. The first-order valence-corrected chi connectivity index (χ1v) is 6.61. The number of hydrogen-bond donors (Lipinski definition) is 0. The van der Waals surface area contributed by atoms with Crippen LogP contribution in [0, 0.1) is 20.3 Å². The summed E-state index contributed by atoms with van der Waals surface area (Å²) in [6.07, 6.45) is 1.13. The Morgan fingerprint density at radius 1 is 0.857 bits per heavy atom. The van der Waals surface area contributed by atoms with E-state index in [2.05, 4.69) is 69.3 Å². The molecular formula is C20H25Hf-3. The molecule has 0 saturated heterocycles. The SMILES string of the molecule is CC(C)(C)C[c-]1ccc2ccc3ccccc3c21.[CH3-].[CH3-].[Hf]. The van der Waals surface area contributed by atoms with E-state index in [0.717, 1.165) is 6.42 Å². The van der Waals surface area contributed by atoms with Gasteiger partial charge in [-0.25, -0.2) is 0 Å². The average Bonchev–Trinajstić information content (AvgIpc) is 2.70. The smallest absolute Gasteiger partial charge is 0 e. The molecule has 0 saturated carbocycles. The van der Waals surface area contributed by atoms with Crippen LogP contribution in [0.1, 0.15) is 26.3 Å². The molecule has 3 rings (SSSR count). The molecule has 3 aromatic rings. The van der Waals surface area contributed by atoms with Gasteiger partial charge in [0.25, 0.3) is 0 Å². The predicted octanol–water partition coefficient (Wildman–Crippen LogP) is 6.20. The van der Waals surface area contributed by atoms with Gasteiger partial charge < -0.3 is 14.9 Å². The van der Waals surface area contributed by atoms with E-state index in [1.807, 2.05) is 0 Å². The molecule has 0 N–H and O–H groups in total. The number of fused-ring (bicyclic) bond motifs is 3. The minimum Gasteiger partial charge on any atom is -0.358 e. The average molecular weight is 444 g/mol. The van der Waals surface area contributed by atoms with E-state index in [-0.39, 0.29) is 40.7 Å². The minimum absolute atomic E-state index is 0. The van der Waals surface area contributed by atoms with E-state index >= 15 is 0 Å². The summed E-state index contributed by atoms with van der Waals surface area (Å²) in [5.74, 6) is 0. The van der Waals surface area contributed by atoms with Gasteiger partial charge in [-0.1, -0.05) is 68.3 Å². The third kappa shape index (κ3) is 4.10. The zero-order valence-electron chi connectivity index (χ0n) is 13.8. The Kier molecular flexibility index (Phi) is 7.15. The van der Waals surface area contributed by atoms with Crippen LogP contribution < -0.4 is 0 Å². The Morgan fingerprint density at radius 2 is 1.48 bits per heavy atom. The number of rotatable bonds is 1. The van der Waals surface area contributed by atoms with Crippen LogP contribution in [-0.2, 0) is 32.3 Å². The molecular weight excluding hydrogens is 419 g/mol. The topological polar surface area (TPSA) is 0 Å². The van der Waals surface area contributed by atoms with Gasteiger partial charge in [0.2, 0.25) is 0 Å². The van der Waals surface area contributed by atoms with Crippen LogP contribution in [0.2, 0.25) is 0 Å². The van der Waals surface area contributed by atoms with Gasteiger partial charge in [-0.2, -0.15) is 6.07 Å². The van der Waals surface area contributed by atoms with Gasteiger partial charge in [-0.3, -0.25) is 0 Å². The molecule has 0 aliphatic rings. The van der Waals surface area contributed by atoms with Gasteiger partial charge in [-0.15, -0.1) is 28.5 Å². The molecule has 0 aliphatic heterocycles. The fraction of sp³-hybridized carbons (Fsp3) is 0.250. The molecule has 0 spiro atoms. The Labute approximate surface area is 148 Å². The molecule has 0 atom stereocenters. The summed E-state index contributed by atoms with van der Waals surface area (Å²) < 4.78 is 0. The molecule has 21 heavy (non-hydrogen) atoms. The van der Waals surface area contributed by atoms with E-state index in [0.29, 0.717) is 5.41 Å². The Morgan fingerprint density at radius 3 is 2.14 bits per heavy atom. The van der Waals surface area contributed by atoms with E-state index < -0.39 is 0 Å². The van der Waals surface area contributed by atoms with Crippen LogP contribution in [0.5, 0.6) is 0 Å². The van der Waals surface area contributed by atoms with E-state index in [4.69, 9.17) is 0 Å². The molecule has 0 heterocycles. The van der Waals surface area contributed by atoms with Gasteiger partial charge in [0, 0.05) is 25.8 Å². The summed E-state index contributed by atoms with van der Waals surface area (Å²) >= 11 is 0. The third-order valence-electron chi connectivity index (χ3n) is 3.47. The minimum atomic E-state index is 0. The summed E-state index contributed by atoms with van der Waals surface area (Å²) in [5, 5.41) is 5.54. The largest absolute Gasteiger partial charge is 0.358 e. The summed E-state index contributed by atoms with van der Waals surface area (Å²) in [5.41, 5.74) is 1.81. The fourth-order valence-electron chi connectivity index (χ4n) is 2.78. The third-order valence-corrected chi connectivity index (χ3v) is 3.47. The van der Waals surface area contributed by atoms with Crippen molar-refractivity contribution in [2.24, 2.45) is 5.41 Å². The van der Waals surface area contributed by atoms with Crippen LogP contribution in [0.15, 0.2) is 48.5 Å². The van der Waals surface area contributed by atoms with Crippen molar-refractivity contribution in [2.45, 2.75) is 27.2 Å². The summed E-state index contributed by atoms with van der Waals surface area (Å²) in [4.78, 5) is 0. The van der Waals surface area contributed by atoms with Crippen LogP contribution in [0.25, 0.3) is 21.5 Å². The Bertz CT molecular complexity index is 698. The van der Waals surface area contributed by atoms with Gasteiger partial charge in [0.1, 0.15) is 0 Å². The second kappa shape index (κ2) is 7.45. The quantitative estimate of drug-likeness (QED) is 0.310. The van der Waals surface area contributed by atoms with Crippen LogP contribution in [0.4, 0.5) is 0 Å². The van der Waals surface area contributed by atoms with Crippen LogP contribution >= 0.6 is 0 Å². The molecule has 0 unspecified atom stereocenters. The first-order valence-electron chi connectivity index (χ1n) is 6.61. The molecule has 3 aromatic carbocycles. The molecule has 0 amide bonds. The fourth-order valence-corrected chi connectivity index (χ4v) is 2.78. The molecule has 0 bridgehead atoms. The normalized spacial score (nSPS) is 10.6. The zero-order valence-corrected chi connectivity index (χ0v) is 17.4. The van der Waals surface area contributed by atoms with E-state index in [9.17, 15) is 0 Å². The molecule has 0 aromatic heterocycles. The maximum Gasteiger partial charge on any atom is 0 e. The molecule has 112 valence electrons. The first-order chi connectivity index (χ1) is 8.54. The summed E-state index contributed by atoms with van der Waals surface area (Å²) in [6, 6.07) is 17.7. The molecule has 1 heteroatoms. The van der Waals surface area contributed by atoms with Crippen molar-refractivity contribution < 1.29 is 25.8 Å². The molecule has 0 aliphatic carbocycles. The zero-order chi connectivity index (χ0) is 12.8. The second-order valence-electron chi connectivity index (χ2n) is 6.35. The van der Waals surface area contributed by atoms with Crippen molar-refractivity contribution in [1.29, 1.82) is 0 Å². The maximum atomic E-state index is 2.30. The molecule has 0 fully saturated rings. The van der Waals surface area contributed by atoms with Crippen molar-refractivity contribution in [3.63, 3.8) is 0 Å². The van der Waals surface area contributed by atoms with Crippen molar-refractivity contribution >= 4 is 21.5 Å². The first kappa shape index (κ1) is 20.2. The number of benzene rings is 2. The van der Waals surface area contributed by atoms with Crippen LogP contribution in [0.3, 0.4) is 0 Å². The van der Waals surface area contributed by atoms with Gasteiger partial charge >= 0.3 is 0 Å². The molecule has 0 nitrogen and oxygen atoms in total. The van der Waals surface area contributed by atoms with Crippen molar-refractivity contribution in [2.75, 3.05) is 0 Å². The van der Waals surface area contributed by atoms with Gasteiger partial charge in [0.15, 0.2) is 0 Å². The van der Waals surface area contributed by atoms with Gasteiger partial charge in [0.05, 0.1) is 0 Å². The molecule has 0 radical (unpaired) electrons.